The average Bonchev–Trinajstić information content (AvgIpc) is 2.37. The molecule has 5 heteroatoms. The second kappa shape index (κ2) is 5.23. The molecular weight excluding hydrogens is 275 g/mol. The summed E-state index contributed by atoms with van der Waals surface area (Å²) in [6.45, 7) is 1.78. The van der Waals surface area contributed by atoms with E-state index in [2.05, 4.69) is 0 Å². The van der Waals surface area contributed by atoms with Crippen molar-refractivity contribution in [1.29, 1.82) is 0 Å². The summed E-state index contributed by atoms with van der Waals surface area (Å²) in [4.78, 5) is 0. The van der Waals surface area contributed by atoms with Crippen LogP contribution < -0.4 is 0 Å². The van der Waals surface area contributed by atoms with Gasteiger partial charge in [0.25, 0.3) is 0 Å². The number of rotatable bonds is 2. The molecule has 2 rings (SSSR count). The molecule has 0 saturated heterocycles. The maximum atomic E-state index is 13.7. The molecule has 0 heterocycles. The molecule has 0 amide bonds. The summed E-state index contributed by atoms with van der Waals surface area (Å²) >= 11 is 0. The Bertz CT molecular complexity index is 629. The number of halogens is 5. The first kappa shape index (κ1) is 14.5. The normalized spacial score (nSPS) is 11.7. The molecule has 0 atom stereocenters. The fourth-order valence-electron chi connectivity index (χ4n) is 1.94. The van der Waals surface area contributed by atoms with Crippen molar-refractivity contribution in [2.45, 2.75) is 19.5 Å². The molecule has 0 radical (unpaired) electrons. The minimum Gasteiger partial charge on any atom is -0.207 e. The van der Waals surface area contributed by atoms with Crippen molar-refractivity contribution in [1.82, 2.24) is 0 Å². The van der Waals surface area contributed by atoms with Crippen LogP contribution in [-0.4, -0.2) is 0 Å². The Hall–Kier alpha value is -1.91. The number of aryl methyl sites for hydroxylation is 1. The highest BCUT2D eigenvalue weighted by Gasteiger charge is 2.34. The molecule has 0 saturated carbocycles. The van der Waals surface area contributed by atoms with Crippen molar-refractivity contribution < 1.29 is 22.0 Å². The van der Waals surface area contributed by atoms with Crippen molar-refractivity contribution in [3.8, 4) is 11.1 Å². The van der Waals surface area contributed by atoms with Crippen LogP contribution in [0.4, 0.5) is 22.0 Å². The highest BCUT2D eigenvalue weighted by molar-refractivity contribution is 5.65. The molecule has 2 aromatic rings. The van der Waals surface area contributed by atoms with Crippen molar-refractivity contribution in [2.75, 3.05) is 0 Å². The summed E-state index contributed by atoms with van der Waals surface area (Å²) < 4.78 is 64.7. The second-order valence-electron chi connectivity index (χ2n) is 4.35. The highest BCUT2D eigenvalue weighted by atomic mass is 19.4. The van der Waals surface area contributed by atoms with Crippen molar-refractivity contribution >= 4 is 0 Å². The molecule has 0 bridgehead atoms. The highest BCUT2D eigenvalue weighted by Crippen LogP contribution is 2.34. The van der Waals surface area contributed by atoms with Gasteiger partial charge in [0.15, 0.2) is 0 Å². The molecule has 0 aromatic heterocycles. The summed E-state index contributed by atoms with van der Waals surface area (Å²) in [7, 11) is 0. The van der Waals surface area contributed by atoms with Crippen LogP contribution in [0.5, 0.6) is 0 Å². The van der Waals surface area contributed by atoms with Gasteiger partial charge in [-0.05, 0) is 41.3 Å². The van der Waals surface area contributed by atoms with Gasteiger partial charge in [0.2, 0.25) is 0 Å². The Labute approximate surface area is 112 Å². The molecule has 0 spiro atoms. The van der Waals surface area contributed by atoms with Gasteiger partial charge >= 0.3 is 6.18 Å². The first-order chi connectivity index (χ1) is 9.32. The number of hydrogen-bond acceptors (Lipinski definition) is 0. The molecule has 0 unspecified atom stereocenters. The standard InChI is InChI=1S/C15H11F5/c1-2-9-3-4-11(8-14(9)17)10-5-6-13(16)12(7-10)15(18,19)20/h3-8H,2H2,1H3. The smallest absolute Gasteiger partial charge is 0.207 e. The van der Waals surface area contributed by atoms with E-state index in [1.54, 1.807) is 6.92 Å². The second-order valence-corrected chi connectivity index (χ2v) is 4.35. The lowest BCUT2D eigenvalue weighted by atomic mass is 10.0. The Morgan fingerprint density at radius 2 is 1.45 bits per heavy atom. The van der Waals surface area contributed by atoms with Crippen LogP contribution in [0.15, 0.2) is 36.4 Å². The maximum absolute atomic E-state index is 13.7. The number of alkyl halides is 3. The Balaban J connectivity index is 2.51. The molecule has 0 aliphatic heterocycles. The topological polar surface area (TPSA) is 0 Å². The van der Waals surface area contributed by atoms with Gasteiger partial charge in [-0.15, -0.1) is 0 Å². The molecule has 2 aromatic carbocycles. The van der Waals surface area contributed by atoms with Crippen LogP contribution in [0.3, 0.4) is 0 Å². The zero-order valence-corrected chi connectivity index (χ0v) is 10.6. The molecule has 0 nitrogen and oxygen atoms in total. The van der Waals surface area contributed by atoms with E-state index in [9.17, 15) is 22.0 Å². The van der Waals surface area contributed by atoms with E-state index in [1.807, 2.05) is 0 Å². The van der Waals surface area contributed by atoms with Crippen molar-refractivity contribution in [3.63, 3.8) is 0 Å². The van der Waals surface area contributed by atoms with Gasteiger partial charge in [0.05, 0.1) is 5.56 Å². The number of hydrogen-bond donors (Lipinski definition) is 0. The minimum absolute atomic E-state index is 0.125. The van der Waals surface area contributed by atoms with Gasteiger partial charge in [-0.2, -0.15) is 13.2 Å². The fraction of sp³-hybridized carbons (Fsp3) is 0.200. The van der Waals surface area contributed by atoms with Gasteiger partial charge < -0.3 is 0 Å². The quantitative estimate of drug-likeness (QED) is 0.664. The maximum Gasteiger partial charge on any atom is 0.419 e. The lowest BCUT2D eigenvalue weighted by Gasteiger charge is -2.11. The van der Waals surface area contributed by atoms with Crippen LogP contribution in [0.25, 0.3) is 11.1 Å². The lowest BCUT2D eigenvalue weighted by Crippen LogP contribution is -2.08. The van der Waals surface area contributed by atoms with E-state index >= 15 is 0 Å². The van der Waals surface area contributed by atoms with Gasteiger partial charge in [-0.3, -0.25) is 0 Å². The zero-order valence-electron chi connectivity index (χ0n) is 10.6. The van der Waals surface area contributed by atoms with E-state index < -0.39 is 23.4 Å². The SMILES string of the molecule is CCc1ccc(-c2ccc(F)c(C(F)(F)F)c2)cc1F. The Kier molecular flexibility index (Phi) is 3.79. The van der Waals surface area contributed by atoms with Crippen molar-refractivity contribution in [2.24, 2.45) is 0 Å². The first-order valence-electron chi connectivity index (χ1n) is 5.98. The van der Waals surface area contributed by atoms with Crippen LogP contribution in [0.1, 0.15) is 18.1 Å². The third kappa shape index (κ3) is 2.81. The summed E-state index contributed by atoms with van der Waals surface area (Å²) in [6.07, 6.45) is -4.29. The van der Waals surface area contributed by atoms with Gasteiger partial charge in [-0.25, -0.2) is 8.78 Å². The van der Waals surface area contributed by atoms with E-state index in [4.69, 9.17) is 0 Å². The van der Waals surface area contributed by atoms with Crippen LogP contribution >= 0.6 is 0 Å². The summed E-state index contributed by atoms with van der Waals surface area (Å²) in [5, 5.41) is 0. The Morgan fingerprint density at radius 3 is 2.00 bits per heavy atom. The van der Waals surface area contributed by atoms with Crippen LogP contribution in [0, 0.1) is 11.6 Å². The van der Waals surface area contributed by atoms with Gasteiger partial charge in [0.1, 0.15) is 11.6 Å². The van der Waals surface area contributed by atoms with Gasteiger partial charge in [0, 0.05) is 0 Å². The lowest BCUT2D eigenvalue weighted by molar-refractivity contribution is -0.139. The molecule has 0 N–H and O–H groups in total. The third-order valence-electron chi connectivity index (χ3n) is 3.04. The predicted molar refractivity (Wildman–Crippen MR) is 66.2 cm³/mol. The average molecular weight is 286 g/mol. The fourth-order valence-corrected chi connectivity index (χ4v) is 1.94. The largest absolute Gasteiger partial charge is 0.419 e. The summed E-state index contributed by atoms with van der Waals surface area (Å²) in [6, 6.07) is 6.83. The molecule has 0 fully saturated rings. The minimum atomic E-state index is -4.78. The van der Waals surface area contributed by atoms with Crippen LogP contribution in [-0.2, 0) is 12.6 Å². The third-order valence-corrected chi connectivity index (χ3v) is 3.04. The van der Waals surface area contributed by atoms with Gasteiger partial charge in [-0.1, -0.05) is 25.1 Å². The molecule has 106 valence electrons. The summed E-state index contributed by atoms with van der Waals surface area (Å²) in [5.74, 6) is -1.82. The van der Waals surface area contributed by atoms with E-state index in [-0.39, 0.29) is 11.1 Å². The molecule has 20 heavy (non-hydrogen) atoms. The van der Waals surface area contributed by atoms with E-state index in [1.165, 1.54) is 18.2 Å². The van der Waals surface area contributed by atoms with Crippen molar-refractivity contribution in [3.05, 3.63) is 59.2 Å². The molecule has 0 aliphatic carbocycles. The first-order valence-corrected chi connectivity index (χ1v) is 5.98. The zero-order chi connectivity index (χ0) is 14.9. The van der Waals surface area contributed by atoms with E-state index in [0.717, 1.165) is 12.1 Å². The molecule has 0 aliphatic rings. The molecular formula is C15H11F5. The monoisotopic (exact) mass is 286 g/mol. The predicted octanol–water partition coefficient (Wildman–Crippen LogP) is 5.21. The summed E-state index contributed by atoms with van der Waals surface area (Å²) in [5.41, 5.74) is -0.465. The van der Waals surface area contributed by atoms with E-state index in [0.29, 0.717) is 18.1 Å². The number of benzene rings is 2. The Morgan fingerprint density at radius 1 is 0.850 bits per heavy atom. The van der Waals surface area contributed by atoms with Crippen LogP contribution in [0.2, 0.25) is 0 Å².